The minimum absolute atomic E-state index is 0.273. The van der Waals surface area contributed by atoms with Gasteiger partial charge in [-0.05, 0) is 18.2 Å². The first-order valence-electron chi connectivity index (χ1n) is 7.78. The molecular weight excluding hydrogens is 368 g/mol. The number of hydrogen-bond acceptors (Lipinski definition) is 8. The molecule has 0 saturated carbocycles. The number of halogens is 1. The molecule has 2 aromatic carbocycles. The summed E-state index contributed by atoms with van der Waals surface area (Å²) in [6, 6.07) is 12.4. The molecule has 1 aromatic heterocycles. The van der Waals surface area contributed by atoms with Crippen LogP contribution in [-0.4, -0.2) is 29.4 Å². The summed E-state index contributed by atoms with van der Waals surface area (Å²) < 4.78 is 10.6. The zero-order valence-corrected chi connectivity index (χ0v) is 15.3. The average Bonchev–Trinajstić information content (AvgIpc) is 2.69. The first kappa shape index (κ1) is 18.2. The molecule has 0 bridgehead atoms. The van der Waals surface area contributed by atoms with Gasteiger partial charge < -0.3 is 20.1 Å². The largest absolute Gasteiger partial charge is 0.495 e. The summed E-state index contributed by atoms with van der Waals surface area (Å²) in [4.78, 5) is 4.36. The second-order valence-electron chi connectivity index (χ2n) is 5.29. The van der Waals surface area contributed by atoms with Crippen molar-refractivity contribution >= 4 is 34.7 Å². The van der Waals surface area contributed by atoms with Gasteiger partial charge in [0.15, 0.2) is 5.82 Å². The maximum atomic E-state index is 8.99. The van der Waals surface area contributed by atoms with Gasteiger partial charge in [0.05, 0.1) is 42.8 Å². The Morgan fingerprint density at radius 1 is 1.07 bits per heavy atom. The first-order chi connectivity index (χ1) is 13.1. The van der Waals surface area contributed by atoms with Gasteiger partial charge in [-0.2, -0.15) is 15.3 Å². The number of nitrogens with one attached hydrogen (secondary N) is 2. The van der Waals surface area contributed by atoms with Crippen LogP contribution < -0.4 is 20.1 Å². The summed E-state index contributed by atoms with van der Waals surface area (Å²) in [7, 11) is 3.07. The van der Waals surface area contributed by atoms with Crippen LogP contribution in [-0.2, 0) is 0 Å². The van der Waals surface area contributed by atoms with Crippen molar-refractivity contribution in [1.82, 2.24) is 15.2 Å². The number of methoxy groups -OCH3 is 2. The third-order valence-corrected chi connectivity index (χ3v) is 3.84. The van der Waals surface area contributed by atoms with Crippen molar-refractivity contribution in [2.75, 3.05) is 24.9 Å². The third-order valence-electron chi connectivity index (χ3n) is 3.54. The number of hydrogen-bond donors (Lipinski definition) is 2. The van der Waals surface area contributed by atoms with Crippen molar-refractivity contribution in [3.8, 4) is 17.6 Å². The van der Waals surface area contributed by atoms with E-state index in [0.717, 1.165) is 0 Å². The first-order valence-corrected chi connectivity index (χ1v) is 8.16. The second kappa shape index (κ2) is 8.21. The molecule has 136 valence electrons. The second-order valence-corrected chi connectivity index (χ2v) is 5.70. The van der Waals surface area contributed by atoms with Crippen molar-refractivity contribution in [3.05, 3.63) is 53.2 Å². The molecule has 0 aliphatic rings. The summed E-state index contributed by atoms with van der Waals surface area (Å²) in [6.45, 7) is 0. The Labute approximate surface area is 160 Å². The minimum atomic E-state index is 0.273. The number of nitrogens with zero attached hydrogens (tertiary/aromatic N) is 4. The molecule has 0 spiro atoms. The molecule has 1 heterocycles. The molecule has 2 N–H and O–H groups in total. The van der Waals surface area contributed by atoms with Gasteiger partial charge in [-0.25, -0.2) is 0 Å². The monoisotopic (exact) mass is 382 g/mol. The Morgan fingerprint density at radius 2 is 1.89 bits per heavy atom. The highest BCUT2D eigenvalue weighted by atomic mass is 35.5. The lowest BCUT2D eigenvalue weighted by molar-refractivity contribution is 0.405. The number of rotatable bonds is 6. The van der Waals surface area contributed by atoms with Crippen LogP contribution in [0.15, 0.2) is 42.6 Å². The molecule has 0 aliphatic heterocycles. The molecule has 8 nitrogen and oxygen atoms in total. The lowest BCUT2D eigenvalue weighted by atomic mass is 10.2. The van der Waals surface area contributed by atoms with Crippen LogP contribution in [0.4, 0.5) is 23.1 Å². The van der Waals surface area contributed by atoms with E-state index in [0.29, 0.717) is 39.3 Å². The summed E-state index contributed by atoms with van der Waals surface area (Å²) in [5.74, 6) is 1.73. The van der Waals surface area contributed by atoms with Crippen molar-refractivity contribution in [1.29, 1.82) is 5.26 Å². The maximum absolute atomic E-state index is 8.99. The number of benzene rings is 2. The molecule has 3 rings (SSSR count). The van der Waals surface area contributed by atoms with Gasteiger partial charge in [-0.1, -0.05) is 17.7 Å². The molecule has 0 aliphatic carbocycles. The molecule has 0 amide bonds. The molecule has 0 atom stereocenters. The van der Waals surface area contributed by atoms with Crippen LogP contribution in [0.2, 0.25) is 5.02 Å². The summed E-state index contributed by atoms with van der Waals surface area (Å²) in [5, 5.41) is 23.4. The van der Waals surface area contributed by atoms with Crippen LogP contribution in [0.3, 0.4) is 0 Å². The Balaban J connectivity index is 1.85. The van der Waals surface area contributed by atoms with Gasteiger partial charge in [-0.3, -0.25) is 0 Å². The van der Waals surface area contributed by atoms with E-state index in [2.05, 4.69) is 31.9 Å². The van der Waals surface area contributed by atoms with Crippen LogP contribution >= 0.6 is 11.6 Å². The third kappa shape index (κ3) is 4.34. The van der Waals surface area contributed by atoms with Crippen LogP contribution in [0.1, 0.15) is 5.56 Å². The highest BCUT2D eigenvalue weighted by molar-refractivity contribution is 6.32. The number of aromatic nitrogens is 3. The van der Waals surface area contributed by atoms with Gasteiger partial charge in [0, 0.05) is 17.8 Å². The molecule has 0 saturated heterocycles. The summed E-state index contributed by atoms with van der Waals surface area (Å²) >= 11 is 6.12. The molecule has 27 heavy (non-hydrogen) atoms. The molecule has 0 fully saturated rings. The van der Waals surface area contributed by atoms with Crippen LogP contribution in [0.5, 0.6) is 11.5 Å². The van der Waals surface area contributed by atoms with Crippen molar-refractivity contribution in [2.24, 2.45) is 0 Å². The quantitative estimate of drug-likeness (QED) is 0.661. The predicted octanol–water partition coefficient (Wildman–Crippen LogP) is 3.90. The number of anilines is 4. The average molecular weight is 383 g/mol. The fourth-order valence-electron chi connectivity index (χ4n) is 2.31. The lowest BCUT2D eigenvalue weighted by Gasteiger charge is -2.13. The van der Waals surface area contributed by atoms with E-state index in [1.165, 1.54) is 20.4 Å². The van der Waals surface area contributed by atoms with Gasteiger partial charge in [0.1, 0.15) is 11.5 Å². The van der Waals surface area contributed by atoms with Crippen molar-refractivity contribution in [3.63, 3.8) is 0 Å². The van der Waals surface area contributed by atoms with Gasteiger partial charge >= 0.3 is 0 Å². The predicted molar refractivity (Wildman–Crippen MR) is 102 cm³/mol. The van der Waals surface area contributed by atoms with E-state index >= 15 is 0 Å². The molecule has 9 heteroatoms. The molecule has 0 radical (unpaired) electrons. The Bertz CT molecular complexity index is 1010. The highest BCUT2D eigenvalue weighted by Gasteiger charge is 2.11. The van der Waals surface area contributed by atoms with Crippen molar-refractivity contribution < 1.29 is 9.47 Å². The van der Waals surface area contributed by atoms with Gasteiger partial charge in [0.25, 0.3) is 0 Å². The standard InChI is InChI=1S/C18H15ClN6O2/c1-26-15-8-14(16(27-2)7-13(15)19)23-17-10-21-25-18(24-17)22-12-5-3-4-11(6-12)9-20/h3-8,10H,1-2H3,(H2,22,23,24,25). The van der Waals surface area contributed by atoms with E-state index in [4.69, 9.17) is 26.3 Å². The number of nitriles is 1. The summed E-state index contributed by atoms with van der Waals surface area (Å²) in [6.07, 6.45) is 1.47. The molecule has 0 unspecified atom stereocenters. The van der Waals surface area contributed by atoms with E-state index in [1.807, 2.05) is 0 Å². The van der Waals surface area contributed by atoms with Crippen LogP contribution in [0, 0.1) is 11.3 Å². The smallest absolute Gasteiger partial charge is 0.249 e. The van der Waals surface area contributed by atoms with Crippen LogP contribution in [0.25, 0.3) is 0 Å². The Morgan fingerprint density at radius 3 is 2.63 bits per heavy atom. The highest BCUT2D eigenvalue weighted by Crippen LogP contribution is 2.37. The summed E-state index contributed by atoms with van der Waals surface area (Å²) in [5.41, 5.74) is 1.82. The lowest BCUT2D eigenvalue weighted by Crippen LogP contribution is -2.03. The number of ether oxygens (including phenoxy) is 2. The SMILES string of the molecule is COc1cc(Nc2cnnc(Nc3cccc(C#N)c3)n2)c(OC)cc1Cl. The zero-order chi connectivity index (χ0) is 19.2. The van der Waals surface area contributed by atoms with E-state index < -0.39 is 0 Å². The van der Waals surface area contributed by atoms with Gasteiger partial charge in [0.2, 0.25) is 5.95 Å². The van der Waals surface area contributed by atoms with E-state index in [-0.39, 0.29) is 5.95 Å². The zero-order valence-electron chi connectivity index (χ0n) is 14.5. The molecule has 3 aromatic rings. The maximum Gasteiger partial charge on any atom is 0.249 e. The van der Waals surface area contributed by atoms with Gasteiger partial charge in [-0.15, -0.1) is 5.10 Å². The molecular formula is C18H15ClN6O2. The van der Waals surface area contributed by atoms with E-state index in [1.54, 1.807) is 36.4 Å². The Kier molecular flexibility index (Phi) is 5.54. The fourth-order valence-corrected chi connectivity index (χ4v) is 2.54. The van der Waals surface area contributed by atoms with E-state index in [9.17, 15) is 0 Å². The topological polar surface area (TPSA) is 105 Å². The normalized spacial score (nSPS) is 10.0. The van der Waals surface area contributed by atoms with Crippen molar-refractivity contribution in [2.45, 2.75) is 0 Å². The fraction of sp³-hybridized carbons (Fsp3) is 0.111. The minimum Gasteiger partial charge on any atom is -0.495 e. The Hall–Kier alpha value is -3.57.